The van der Waals surface area contributed by atoms with Crippen molar-refractivity contribution in [3.05, 3.63) is 0 Å². The molecule has 58 valence electrons. The van der Waals surface area contributed by atoms with Crippen LogP contribution >= 0.6 is 9.90 Å². The van der Waals surface area contributed by atoms with Crippen molar-refractivity contribution in [1.29, 1.82) is 0 Å². The van der Waals surface area contributed by atoms with Crippen molar-refractivity contribution in [2.24, 2.45) is 0 Å². The molecule has 3 heteroatoms. The lowest BCUT2D eigenvalue weighted by Gasteiger charge is -1.94. The van der Waals surface area contributed by atoms with Crippen LogP contribution in [0.1, 0.15) is 32.6 Å². The van der Waals surface area contributed by atoms with Crippen LogP contribution in [0.2, 0.25) is 0 Å². The van der Waals surface area contributed by atoms with Gasteiger partial charge in [-0.2, -0.15) is 9.90 Å². The van der Waals surface area contributed by atoms with Crippen LogP contribution in [0.5, 0.6) is 0 Å². The second-order valence-electron chi connectivity index (χ2n) is 1.97. The molecule has 0 radical (unpaired) electrons. The first-order chi connectivity index (χ1) is 3.91. The van der Waals surface area contributed by atoms with Crippen LogP contribution in [-0.4, -0.2) is 11.8 Å². The lowest BCUT2D eigenvalue weighted by Crippen LogP contribution is -2.07. The molecule has 0 spiro atoms. The largest absolute Gasteiger partial charge is 0.317 e. The quantitative estimate of drug-likeness (QED) is 0.355. The maximum Gasteiger partial charge on any atom is 0.0207 e. The summed E-state index contributed by atoms with van der Waals surface area (Å²) in [6, 6.07) is 0. The Morgan fingerprint density at radius 1 is 1.22 bits per heavy atom. The molecule has 0 amide bonds. The van der Waals surface area contributed by atoms with Gasteiger partial charge in [-0.1, -0.05) is 26.2 Å². The van der Waals surface area contributed by atoms with Crippen LogP contribution in [-0.2, 0) is 0 Å². The van der Waals surface area contributed by atoms with Gasteiger partial charge in [-0.25, -0.2) is 5.48 Å². The van der Waals surface area contributed by atoms with E-state index in [2.05, 4.69) is 12.4 Å². The SMILES string of the molecule is CCCCCCNO.P. The predicted octanol–water partition coefficient (Wildman–Crippen LogP) is 1.60. The Bertz CT molecular complexity index is 38.0. The summed E-state index contributed by atoms with van der Waals surface area (Å²) in [7, 11) is 0. The molecule has 9 heavy (non-hydrogen) atoms. The fourth-order valence-electron chi connectivity index (χ4n) is 0.631. The Hall–Kier alpha value is 0.350. The Morgan fingerprint density at radius 3 is 2.33 bits per heavy atom. The molecule has 0 aromatic carbocycles. The maximum absolute atomic E-state index is 8.12. The van der Waals surface area contributed by atoms with Crippen molar-refractivity contribution in [3.8, 4) is 0 Å². The summed E-state index contributed by atoms with van der Waals surface area (Å²) >= 11 is 0. The van der Waals surface area contributed by atoms with Gasteiger partial charge in [0.25, 0.3) is 0 Å². The first-order valence-electron chi connectivity index (χ1n) is 3.28. The van der Waals surface area contributed by atoms with Gasteiger partial charge in [0.05, 0.1) is 0 Å². The number of rotatable bonds is 5. The van der Waals surface area contributed by atoms with Crippen molar-refractivity contribution in [2.75, 3.05) is 6.54 Å². The summed E-state index contributed by atoms with van der Waals surface area (Å²) in [6.45, 7) is 2.91. The number of hydroxylamine groups is 1. The van der Waals surface area contributed by atoms with E-state index in [1.54, 1.807) is 0 Å². The van der Waals surface area contributed by atoms with E-state index in [0.29, 0.717) is 0 Å². The highest BCUT2D eigenvalue weighted by Gasteiger charge is 1.83. The lowest BCUT2D eigenvalue weighted by molar-refractivity contribution is 0.164. The van der Waals surface area contributed by atoms with E-state index < -0.39 is 0 Å². The Kier molecular flexibility index (Phi) is 15.0. The highest BCUT2D eigenvalue weighted by molar-refractivity contribution is 6.92. The summed E-state index contributed by atoms with van der Waals surface area (Å²) in [5.41, 5.74) is 2.13. The summed E-state index contributed by atoms with van der Waals surface area (Å²) in [5.74, 6) is 0. The minimum absolute atomic E-state index is 0. The average Bonchev–Trinajstić information content (AvgIpc) is 1.81. The summed E-state index contributed by atoms with van der Waals surface area (Å²) < 4.78 is 0. The van der Waals surface area contributed by atoms with Crippen molar-refractivity contribution >= 4 is 9.90 Å². The molecule has 0 heterocycles. The van der Waals surface area contributed by atoms with Crippen LogP contribution in [0.3, 0.4) is 0 Å². The van der Waals surface area contributed by atoms with Gasteiger partial charge in [0.1, 0.15) is 0 Å². The Labute approximate surface area is 60.6 Å². The molecule has 0 aromatic rings. The molecular weight excluding hydrogens is 133 g/mol. The predicted molar refractivity (Wildman–Crippen MR) is 45.0 cm³/mol. The number of unbranched alkanes of at least 4 members (excludes halogenated alkanes) is 3. The van der Waals surface area contributed by atoms with Crippen LogP contribution in [0.25, 0.3) is 0 Å². The number of nitrogens with one attached hydrogen (secondary N) is 1. The topological polar surface area (TPSA) is 32.3 Å². The van der Waals surface area contributed by atoms with E-state index in [1.807, 2.05) is 0 Å². The molecule has 0 aliphatic carbocycles. The monoisotopic (exact) mass is 151 g/mol. The molecule has 1 unspecified atom stereocenters. The zero-order valence-electron chi connectivity index (χ0n) is 6.19. The first kappa shape index (κ1) is 12.1. The van der Waals surface area contributed by atoms with E-state index in [-0.39, 0.29) is 9.90 Å². The molecule has 0 aromatic heterocycles. The van der Waals surface area contributed by atoms with Gasteiger partial charge in [-0.3, -0.25) is 0 Å². The second-order valence-corrected chi connectivity index (χ2v) is 1.97. The third kappa shape index (κ3) is 11.8. The summed E-state index contributed by atoms with van der Waals surface area (Å²) in [4.78, 5) is 0. The van der Waals surface area contributed by atoms with E-state index in [1.165, 1.54) is 19.3 Å². The van der Waals surface area contributed by atoms with Crippen LogP contribution < -0.4 is 5.48 Å². The van der Waals surface area contributed by atoms with Crippen molar-refractivity contribution in [1.82, 2.24) is 5.48 Å². The van der Waals surface area contributed by atoms with E-state index in [9.17, 15) is 0 Å². The van der Waals surface area contributed by atoms with Gasteiger partial charge >= 0.3 is 0 Å². The Balaban J connectivity index is 0. The fraction of sp³-hybridized carbons (Fsp3) is 1.00. The van der Waals surface area contributed by atoms with Gasteiger partial charge in [-0.05, 0) is 6.42 Å². The molecule has 0 saturated carbocycles. The van der Waals surface area contributed by atoms with Crippen LogP contribution in [0.15, 0.2) is 0 Å². The van der Waals surface area contributed by atoms with Crippen molar-refractivity contribution in [3.63, 3.8) is 0 Å². The minimum atomic E-state index is 0. The molecule has 2 nitrogen and oxygen atoms in total. The van der Waals surface area contributed by atoms with Crippen LogP contribution in [0, 0.1) is 0 Å². The van der Waals surface area contributed by atoms with Crippen molar-refractivity contribution < 1.29 is 5.21 Å². The van der Waals surface area contributed by atoms with Gasteiger partial charge in [0, 0.05) is 6.54 Å². The normalized spacial score (nSPS) is 8.67. The smallest absolute Gasteiger partial charge is 0.0207 e. The molecule has 0 saturated heterocycles. The zero-order chi connectivity index (χ0) is 6.24. The summed E-state index contributed by atoms with van der Waals surface area (Å²) in [5, 5.41) is 8.12. The molecule has 0 aliphatic rings. The van der Waals surface area contributed by atoms with Gasteiger partial charge in [0.15, 0.2) is 0 Å². The molecular formula is C6H18NOP. The minimum Gasteiger partial charge on any atom is -0.317 e. The molecule has 0 fully saturated rings. The third-order valence-corrected chi connectivity index (χ3v) is 1.14. The standard InChI is InChI=1S/C6H15NO.H3P/c1-2-3-4-5-6-7-8;/h7-8H,2-6H2,1H3;1H3. The Morgan fingerprint density at radius 2 is 1.89 bits per heavy atom. The highest BCUT2D eigenvalue weighted by Crippen LogP contribution is 1.96. The fourth-order valence-corrected chi connectivity index (χ4v) is 0.631. The molecule has 0 aliphatic heterocycles. The molecule has 0 rings (SSSR count). The van der Waals surface area contributed by atoms with E-state index >= 15 is 0 Å². The van der Waals surface area contributed by atoms with E-state index in [4.69, 9.17) is 5.21 Å². The zero-order valence-corrected chi connectivity index (χ0v) is 7.60. The summed E-state index contributed by atoms with van der Waals surface area (Å²) in [6.07, 6.45) is 4.85. The maximum atomic E-state index is 8.12. The third-order valence-electron chi connectivity index (χ3n) is 1.14. The highest BCUT2D eigenvalue weighted by atomic mass is 31.0. The molecule has 1 atom stereocenters. The average molecular weight is 151 g/mol. The number of hydrogen-bond donors (Lipinski definition) is 2. The lowest BCUT2D eigenvalue weighted by atomic mass is 10.2. The van der Waals surface area contributed by atoms with Gasteiger partial charge in [-0.15, -0.1) is 0 Å². The van der Waals surface area contributed by atoms with Crippen molar-refractivity contribution in [2.45, 2.75) is 32.6 Å². The molecule has 2 N–H and O–H groups in total. The number of hydrogen-bond acceptors (Lipinski definition) is 2. The van der Waals surface area contributed by atoms with Gasteiger partial charge < -0.3 is 5.21 Å². The second kappa shape index (κ2) is 11.2. The van der Waals surface area contributed by atoms with Crippen LogP contribution in [0.4, 0.5) is 0 Å². The molecule has 0 bridgehead atoms. The van der Waals surface area contributed by atoms with Gasteiger partial charge in [0.2, 0.25) is 0 Å². The first-order valence-corrected chi connectivity index (χ1v) is 3.28. The van der Waals surface area contributed by atoms with E-state index in [0.717, 1.165) is 13.0 Å².